The van der Waals surface area contributed by atoms with E-state index < -0.39 is 23.9 Å². The third-order valence-corrected chi connectivity index (χ3v) is 28.9. The van der Waals surface area contributed by atoms with Crippen LogP contribution in [0.1, 0.15) is 78.8 Å². The third kappa shape index (κ3) is 7.97. The van der Waals surface area contributed by atoms with Crippen LogP contribution in [0.3, 0.4) is 0 Å². The number of aromatic nitrogens is 1. The van der Waals surface area contributed by atoms with Gasteiger partial charge in [0.25, 0.3) is 0 Å². The van der Waals surface area contributed by atoms with Crippen molar-refractivity contribution in [3.8, 4) is 0 Å². The van der Waals surface area contributed by atoms with Gasteiger partial charge in [0.1, 0.15) is 0 Å². The maximum absolute atomic E-state index is 12.0. The summed E-state index contributed by atoms with van der Waals surface area (Å²) in [7, 11) is 0. The van der Waals surface area contributed by atoms with Gasteiger partial charge in [-0.25, -0.2) is 0 Å². The van der Waals surface area contributed by atoms with Gasteiger partial charge in [0.15, 0.2) is 0 Å². The molecule has 0 aliphatic carbocycles. The number of piperazine rings is 1. The van der Waals surface area contributed by atoms with Crippen LogP contribution in [-0.4, -0.2) is 97.1 Å². The summed E-state index contributed by atoms with van der Waals surface area (Å²) in [4.78, 5) is 24.6. The molecule has 230 valence electrons. The summed E-state index contributed by atoms with van der Waals surface area (Å²) < 4.78 is 13.4. The molecule has 2 fully saturated rings. The van der Waals surface area contributed by atoms with Crippen LogP contribution in [0.2, 0.25) is 13.3 Å². The zero-order chi connectivity index (χ0) is 29.5. The van der Waals surface area contributed by atoms with Gasteiger partial charge in [0, 0.05) is 0 Å². The summed E-state index contributed by atoms with van der Waals surface area (Å²) >= 11 is -0.412. The number of morpholine rings is 1. The summed E-state index contributed by atoms with van der Waals surface area (Å²) in [5.74, 6) is 0.929. The quantitative estimate of drug-likeness (QED) is 0.246. The number of unbranched alkanes of at least 4 members (excludes halogenated alkanes) is 3. The van der Waals surface area contributed by atoms with E-state index in [1.807, 2.05) is 13.8 Å². The van der Waals surface area contributed by atoms with Crippen molar-refractivity contribution in [1.29, 1.82) is 0 Å². The molecule has 41 heavy (non-hydrogen) atoms. The average Bonchev–Trinajstić information content (AvgIpc) is 3.42. The number of anilines is 1. The van der Waals surface area contributed by atoms with E-state index in [0.29, 0.717) is 0 Å². The fourth-order valence-electron chi connectivity index (χ4n) is 6.57. The summed E-state index contributed by atoms with van der Waals surface area (Å²) in [6, 6.07) is 5.03. The van der Waals surface area contributed by atoms with Crippen LogP contribution >= 0.6 is 11.3 Å². The van der Waals surface area contributed by atoms with Gasteiger partial charge in [0.2, 0.25) is 0 Å². The van der Waals surface area contributed by atoms with E-state index in [4.69, 9.17) is 15.5 Å². The number of nitrogens with zero attached hydrogens (tertiary/aromatic N) is 4. The van der Waals surface area contributed by atoms with E-state index in [9.17, 15) is 4.79 Å². The minimum absolute atomic E-state index is 0.250. The molecule has 2 saturated heterocycles. The first-order valence-corrected chi connectivity index (χ1v) is 24.6. The molecular weight excluding hydrogens is 637 g/mol. The van der Waals surface area contributed by atoms with E-state index >= 15 is 0 Å². The normalized spacial score (nSPS) is 17.9. The number of primary amides is 1. The van der Waals surface area contributed by atoms with Crippen LogP contribution in [0, 0.1) is 0 Å². The molecule has 0 spiro atoms. The Morgan fingerprint density at radius 3 is 2.07 bits per heavy atom. The molecule has 7 nitrogen and oxygen atoms in total. The molecule has 0 radical (unpaired) electrons. The van der Waals surface area contributed by atoms with Crippen LogP contribution in [0.25, 0.3) is 10.1 Å². The summed E-state index contributed by atoms with van der Waals surface area (Å²) in [6.07, 6.45) is 8.06. The van der Waals surface area contributed by atoms with Crippen molar-refractivity contribution in [2.45, 2.75) is 98.5 Å². The number of pyridine rings is 1. The average molecular weight is 693 g/mol. The number of rotatable bonds is 15. The molecule has 0 bridgehead atoms. The standard InChI is InChI=1S/C20H28N5O2S.3C4H9.Sn/c1-20(2,19(21)26)25-6-4-23(5-7-25)14-15-13-17-16(3-12-28-17)18(22-15)24-8-10-27-11-9-24;3*1-3-4-2;/h3,13H,4-11,14H2,1-2H3,(H2,21,26);3*1,3-4H2,2H3;. The van der Waals surface area contributed by atoms with Gasteiger partial charge in [-0.15, -0.1) is 0 Å². The van der Waals surface area contributed by atoms with Gasteiger partial charge >= 0.3 is 248 Å². The molecule has 2 N–H and O–H groups in total. The van der Waals surface area contributed by atoms with Crippen LogP contribution in [0.5, 0.6) is 0 Å². The van der Waals surface area contributed by atoms with Gasteiger partial charge in [-0.1, -0.05) is 0 Å². The molecule has 2 aromatic heterocycles. The fraction of sp³-hybridized carbons (Fsp3) is 0.750. The number of hydrogen-bond donors (Lipinski definition) is 1. The van der Waals surface area contributed by atoms with E-state index in [2.05, 4.69) is 58.9 Å². The number of ether oxygens (including phenoxy) is 1. The van der Waals surface area contributed by atoms with Crippen molar-refractivity contribution in [1.82, 2.24) is 14.8 Å². The second-order valence-corrected chi connectivity index (χ2v) is 28.1. The Hall–Kier alpha value is -0.941. The molecule has 0 atom stereocenters. The number of hydrogen-bond acceptors (Lipinski definition) is 7. The first kappa shape index (κ1) is 33.0. The van der Waals surface area contributed by atoms with Gasteiger partial charge in [-0.3, -0.25) is 4.79 Å². The molecular formula is C32H55N5O2SSn. The monoisotopic (exact) mass is 693 g/mol. The van der Waals surface area contributed by atoms with Gasteiger partial charge in [0.05, 0.1) is 0 Å². The Kier molecular flexibility index (Phi) is 12.2. The van der Waals surface area contributed by atoms with Crippen LogP contribution in [0.4, 0.5) is 5.82 Å². The first-order chi connectivity index (χ1) is 19.7. The second-order valence-electron chi connectivity index (χ2n) is 12.8. The molecule has 2 aliphatic heterocycles. The van der Waals surface area contributed by atoms with E-state index in [0.717, 1.165) is 59.0 Å². The van der Waals surface area contributed by atoms with E-state index in [-0.39, 0.29) is 5.91 Å². The molecule has 2 aliphatic rings. The van der Waals surface area contributed by atoms with Crippen molar-refractivity contribution in [2.24, 2.45) is 5.73 Å². The van der Waals surface area contributed by atoms with Crippen molar-refractivity contribution in [2.75, 3.05) is 57.4 Å². The Balaban J connectivity index is 1.66. The van der Waals surface area contributed by atoms with Crippen molar-refractivity contribution in [3.63, 3.8) is 0 Å². The van der Waals surface area contributed by atoms with Crippen molar-refractivity contribution >= 4 is 54.4 Å². The Morgan fingerprint density at radius 1 is 0.951 bits per heavy atom. The van der Waals surface area contributed by atoms with Gasteiger partial charge < -0.3 is 5.73 Å². The minimum atomic E-state index is -2.55. The predicted molar refractivity (Wildman–Crippen MR) is 177 cm³/mol. The number of carbonyl (C=O) groups is 1. The van der Waals surface area contributed by atoms with Crippen LogP contribution < -0.4 is 13.5 Å². The Morgan fingerprint density at radius 2 is 1.54 bits per heavy atom. The Labute approximate surface area is 257 Å². The number of fused-ring (bicyclic) bond motifs is 1. The van der Waals surface area contributed by atoms with Gasteiger partial charge in [-0.2, -0.15) is 0 Å². The van der Waals surface area contributed by atoms with E-state index in [1.54, 1.807) is 2.89 Å². The molecule has 4 heterocycles. The van der Waals surface area contributed by atoms with Crippen molar-refractivity contribution in [3.05, 3.63) is 17.8 Å². The molecule has 0 aromatic carbocycles. The maximum atomic E-state index is 12.0. The molecule has 9 heteroatoms. The first-order valence-electron chi connectivity index (χ1n) is 16.3. The number of nitrogens with two attached hydrogens (primary N) is 1. The number of carbonyl (C=O) groups excluding carboxylic acids is 1. The zero-order valence-electron chi connectivity index (χ0n) is 26.5. The number of amides is 1. The fourth-order valence-corrected chi connectivity index (χ4v) is 26.9. The zero-order valence-corrected chi connectivity index (χ0v) is 30.1. The van der Waals surface area contributed by atoms with E-state index in [1.165, 1.54) is 73.4 Å². The Bertz CT molecular complexity index is 1100. The van der Waals surface area contributed by atoms with Crippen molar-refractivity contribution < 1.29 is 9.53 Å². The summed E-state index contributed by atoms with van der Waals surface area (Å²) in [6.45, 7) is 18.7. The summed E-state index contributed by atoms with van der Waals surface area (Å²) in [5, 5.41) is 1.38. The van der Waals surface area contributed by atoms with Crippen LogP contribution in [0.15, 0.2) is 12.1 Å². The third-order valence-electron chi connectivity index (χ3n) is 9.56. The van der Waals surface area contributed by atoms with Crippen LogP contribution in [-0.2, 0) is 16.1 Å². The molecule has 2 aromatic rings. The SMILES string of the molecule is CCC[CH2][Sn]([CH2]CCC)([CH2]CCC)[c]1cc2c(N3CCOCC3)nc(CN3CCN(C(C)(C)C(N)=O)CC3)cc2s1. The number of thiophene rings is 1. The topological polar surface area (TPSA) is 74.9 Å². The molecule has 1 amide bonds. The molecule has 0 unspecified atom stereocenters. The second kappa shape index (κ2) is 15.2. The predicted octanol–water partition coefficient (Wildman–Crippen LogP) is 5.57. The van der Waals surface area contributed by atoms with Gasteiger partial charge in [-0.05, 0) is 0 Å². The molecule has 4 rings (SSSR count). The molecule has 0 saturated carbocycles. The summed E-state index contributed by atoms with van der Waals surface area (Å²) in [5.41, 5.74) is 6.27.